The van der Waals surface area contributed by atoms with E-state index in [-0.39, 0.29) is 0 Å². The molecule has 96 valence electrons. The van der Waals surface area contributed by atoms with E-state index in [1.165, 1.54) is 0 Å². The summed E-state index contributed by atoms with van der Waals surface area (Å²) in [5, 5.41) is 13.8. The van der Waals surface area contributed by atoms with Gasteiger partial charge in [-0.25, -0.2) is 0 Å². The van der Waals surface area contributed by atoms with Crippen LogP contribution in [0, 0.1) is 18.3 Å². The van der Waals surface area contributed by atoms with Crippen LogP contribution in [-0.4, -0.2) is 0 Å². The van der Waals surface area contributed by atoms with Gasteiger partial charge in [0.25, 0.3) is 0 Å². The SMILES string of the molecule is Cc1cc(Cl)c(Nc2cc(Cl)ccc2C#N)cc1Cl. The Morgan fingerprint density at radius 1 is 1.00 bits per heavy atom. The number of anilines is 2. The Morgan fingerprint density at radius 3 is 2.42 bits per heavy atom. The van der Waals surface area contributed by atoms with E-state index in [0.29, 0.717) is 32.0 Å². The number of rotatable bonds is 2. The van der Waals surface area contributed by atoms with Gasteiger partial charge in [0.15, 0.2) is 0 Å². The minimum Gasteiger partial charge on any atom is -0.353 e. The first-order chi connectivity index (χ1) is 9.01. The molecule has 0 atom stereocenters. The van der Waals surface area contributed by atoms with E-state index in [4.69, 9.17) is 40.1 Å². The van der Waals surface area contributed by atoms with Crippen LogP contribution in [0.1, 0.15) is 11.1 Å². The highest BCUT2D eigenvalue weighted by molar-refractivity contribution is 6.36. The molecule has 0 aromatic heterocycles. The van der Waals surface area contributed by atoms with E-state index in [1.54, 1.807) is 30.3 Å². The predicted molar refractivity (Wildman–Crippen MR) is 80.6 cm³/mol. The van der Waals surface area contributed by atoms with E-state index in [9.17, 15) is 0 Å². The highest BCUT2D eigenvalue weighted by atomic mass is 35.5. The number of hydrogen-bond acceptors (Lipinski definition) is 2. The van der Waals surface area contributed by atoms with Crippen LogP contribution in [0.4, 0.5) is 11.4 Å². The molecule has 0 spiro atoms. The fourth-order valence-corrected chi connectivity index (χ4v) is 2.21. The van der Waals surface area contributed by atoms with Crippen molar-refractivity contribution in [2.45, 2.75) is 6.92 Å². The van der Waals surface area contributed by atoms with Crippen molar-refractivity contribution in [3.8, 4) is 6.07 Å². The number of halogens is 3. The average Bonchev–Trinajstić information content (AvgIpc) is 2.36. The Labute approximate surface area is 126 Å². The first-order valence-electron chi connectivity index (χ1n) is 5.43. The predicted octanol–water partition coefficient (Wildman–Crippen LogP) is 5.57. The lowest BCUT2D eigenvalue weighted by Crippen LogP contribution is -1.95. The summed E-state index contributed by atoms with van der Waals surface area (Å²) in [5.41, 5.74) is 2.61. The van der Waals surface area contributed by atoms with Crippen molar-refractivity contribution in [2.24, 2.45) is 0 Å². The van der Waals surface area contributed by atoms with E-state index in [2.05, 4.69) is 11.4 Å². The van der Waals surface area contributed by atoms with Crippen molar-refractivity contribution < 1.29 is 0 Å². The van der Waals surface area contributed by atoms with Gasteiger partial charge in [-0.15, -0.1) is 0 Å². The van der Waals surface area contributed by atoms with E-state index >= 15 is 0 Å². The summed E-state index contributed by atoms with van der Waals surface area (Å²) in [7, 11) is 0. The van der Waals surface area contributed by atoms with Gasteiger partial charge in [0, 0.05) is 10.0 Å². The molecule has 0 aliphatic rings. The van der Waals surface area contributed by atoms with Crippen LogP contribution in [0.5, 0.6) is 0 Å². The van der Waals surface area contributed by atoms with Gasteiger partial charge in [-0.2, -0.15) is 5.26 Å². The summed E-state index contributed by atoms with van der Waals surface area (Å²) in [6.45, 7) is 1.87. The van der Waals surface area contributed by atoms with Gasteiger partial charge in [0.2, 0.25) is 0 Å². The van der Waals surface area contributed by atoms with E-state index in [0.717, 1.165) is 5.56 Å². The second-order valence-electron chi connectivity index (χ2n) is 4.01. The van der Waals surface area contributed by atoms with Gasteiger partial charge < -0.3 is 5.32 Å². The third-order valence-corrected chi connectivity index (χ3v) is 3.57. The fourth-order valence-electron chi connectivity index (χ4n) is 1.60. The Kier molecular flexibility index (Phi) is 4.21. The first-order valence-corrected chi connectivity index (χ1v) is 6.57. The smallest absolute Gasteiger partial charge is 0.101 e. The average molecular weight is 312 g/mol. The first kappa shape index (κ1) is 14.0. The molecule has 0 fully saturated rings. The van der Waals surface area contributed by atoms with E-state index in [1.807, 2.05) is 6.92 Å². The lowest BCUT2D eigenvalue weighted by atomic mass is 10.1. The maximum absolute atomic E-state index is 9.06. The van der Waals surface area contributed by atoms with Crippen molar-refractivity contribution in [2.75, 3.05) is 5.32 Å². The van der Waals surface area contributed by atoms with Gasteiger partial charge in [0.05, 0.1) is 22.0 Å². The molecule has 19 heavy (non-hydrogen) atoms. The van der Waals surface area contributed by atoms with Crippen molar-refractivity contribution in [3.63, 3.8) is 0 Å². The zero-order valence-corrected chi connectivity index (χ0v) is 12.2. The van der Waals surface area contributed by atoms with Crippen LogP contribution in [-0.2, 0) is 0 Å². The Hall–Kier alpha value is -1.40. The normalized spacial score (nSPS) is 10.1. The molecule has 0 saturated heterocycles. The second kappa shape index (κ2) is 5.71. The van der Waals surface area contributed by atoms with Gasteiger partial charge in [-0.05, 0) is 42.8 Å². The fraction of sp³-hybridized carbons (Fsp3) is 0.0714. The minimum absolute atomic E-state index is 0.483. The van der Waals surface area contributed by atoms with Crippen molar-refractivity contribution in [3.05, 3.63) is 56.5 Å². The molecule has 0 unspecified atom stereocenters. The topological polar surface area (TPSA) is 35.8 Å². The van der Waals surface area contributed by atoms with Crippen LogP contribution in [0.15, 0.2) is 30.3 Å². The maximum atomic E-state index is 9.06. The largest absolute Gasteiger partial charge is 0.353 e. The van der Waals surface area contributed by atoms with E-state index < -0.39 is 0 Å². The molecule has 0 saturated carbocycles. The summed E-state index contributed by atoms with van der Waals surface area (Å²) >= 11 is 18.1. The third-order valence-electron chi connectivity index (χ3n) is 2.62. The molecule has 0 radical (unpaired) electrons. The highest BCUT2D eigenvalue weighted by Crippen LogP contribution is 2.32. The number of aryl methyl sites for hydroxylation is 1. The summed E-state index contributed by atoms with van der Waals surface area (Å²) in [6, 6.07) is 10.6. The van der Waals surface area contributed by atoms with Crippen LogP contribution in [0.25, 0.3) is 0 Å². The third kappa shape index (κ3) is 3.13. The molecule has 1 N–H and O–H groups in total. The van der Waals surface area contributed by atoms with Gasteiger partial charge in [0.1, 0.15) is 6.07 Å². The Morgan fingerprint density at radius 2 is 1.74 bits per heavy atom. The summed E-state index contributed by atoms with van der Waals surface area (Å²) < 4.78 is 0. The molecule has 0 aliphatic heterocycles. The summed E-state index contributed by atoms with van der Waals surface area (Å²) in [4.78, 5) is 0. The Bertz CT molecular complexity index is 675. The lowest BCUT2D eigenvalue weighted by Gasteiger charge is -2.12. The zero-order valence-electron chi connectivity index (χ0n) is 9.97. The van der Waals surface area contributed by atoms with Gasteiger partial charge in [-0.3, -0.25) is 0 Å². The molecule has 0 heterocycles. The van der Waals surface area contributed by atoms with Crippen LogP contribution < -0.4 is 5.32 Å². The highest BCUT2D eigenvalue weighted by Gasteiger charge is 2.08. The second-order valence-corrected chi connectivity index (χ2v) is 5.26. The van der Waals surface area contributed by atoms with Crippen molar-refractivity contribution in [1.29, 1.82) is 5.26 Å². The van der Waals surface area contributed by atoms with Gasteiger partial charge >= 0.3 is 0 Å². The maximum Gasteiger partial charge on any atom is 0.101 e. The molecule has 2 rings (SSSR count). The monoisotopic (exact) mass is 310 g/mol. The quantitative estimate of drug-likeness (QED) is 0.787. The zero-order chi connectivity index (χ0) is 14.0. The molecule has 0 amide bonds. The van der Waals surface area contributed by atoms with Crippen molar-refractivity contribution >= 4 is 46.2 Å². The minimum atomic E-state index is 0.483. The molecule has 0 aliphatic carbocycles. The number of nitrogens with zero attached hydrogens (tertiary/aromatic N) is 1. The number of nitrogens with one attached hydrogen (secondary N) is 1. The van der Waals surface area contributed by atoms with Crippen LogP contribution >= 0.6 is 34.8 Å². The number of benzene rings is 2. The molecule has 5 heteroatoms. The molecule has 2 nitrogen and oxygen atoms in total. The molecule has 2 aromatic rings. The summed E-state index contributed by atoms with van der Waals surface area (Å²) in [6.07, 6.45) is 0. The number of nitriles is 1. The standard InChI is InChI=1S/C14H9Cl3N2/c1-8-4-12(17)14(6-11(8)16)19-13-5-10(15)3-2-9(13)7-18/h2-6,19H,1H3. The van der Waals surface area contributed by atoms with Gasteiger partial charge in [-0.1, -0.05) is 34.8 Å². The van der Waals surface area contributed by atoms with Crippen LogP contribution in [0.3, 0.4) is 0 Å². The van der Waals surface area contributed by atoms with Crippen LogP contribution in [0.2, 0.25) is 15.1 Å². The Balaban J connectivity index is 2.45. The number of hydrogen-bond donors (Lipinski definition) is 1. The molecular weight excluding hydrogens is 303 g/mol. The molecular formula is C14H9Cl3N2. The lowest BCUT2D eigenvalue weighted by molar-refractivity contribution is 1.43. The molecule has 0 bridgehead atoms. The summed E-state index contributed by atoms with van der Waals surface area (Å²) in [5.74, 6) is 0. The van der Waals surface area contributed by atoms with Crippen molar-refractivity contribution in [1.82, 2.24) is 0 Å². The molecule has 2 aromatic carbocycles.